The molecule has 0 aliphatic heterocycles. The van der Waals surface area contributed by atoms with Crippen molar-refractivity contribution in [2.75, 3.05) is 0 Å². The number of fused-ring (bicyclic) bond motifs is 1. The molecule has 0 atom stereocenters. The number of rotatable bonds is 3. The highest BCUT2D eigenvalue weighted by Crippen LogP contribution is 2.35. The molecule has 0 saturated heterocycles. The van der Waals surface area contributed by atoms with E-state index in [0.717, 1.165) is 30.6 Å². The predicted molar refractivity (Wildman–Crippen MR) is 83.6 cm³/mol. The minimum Gasteiger partial charge on any atom is -0.345 e. The van der Waals surface area contributed by atoms with Crippen molar-refractivity contribution >= 4 is 5.78 Å². The lowest BCUT2D eigenvalue weighted by molar-refractivity contribution is 0.0910. The second kappa shape index (κ2) is 5.14. The third-order valence-electron chi connectivity index (χ3n) is 4.35. The maximum Gasteiger partial charge on any atom is 0.165 e. The number of pyridine rings is 1. The Morgan fingerprint density at radius 1 is 1.29 bits per heavy atom. The highest BCUT2D eigenvalue weighted by atomic mass is 16.1. The number of carbonyl (C=O) groups is 1. The van der Waals surface area contributed by atoms with Crippen molar-refractivity contribution in [3.63, 3.8) is 0 Å². The Kier molecular flexibility index (Phi) is 3.44. The molecule has 3 rings (SSSR count). The number of carbonyl (C=O) groups excluding carboxylic acids is 1. The van der Waals surface area contributed by atoms with Crippen LogP contribution in [0.2, 0.25) is 0 Å². The molecule has 0 amide bonds. The molecule has 3 nitrogen and oxygen atoms in total. The van der Waals surface area contributed by atoms with Gasteiger partial charge in [0.15, 0.2) is 5.78 Å². The molecular formula is C18H22N2O. The van der Waals surface area contributed by atoms with E-state index in [1.54, 1.807) is 0 Å². The van der Waals surface area contributed by atoms with Crippen LogP contribution in [-0.4, -0.2) is 15.3 Å². The molecule has 1 aliphatic carbocycles. The fraction of sp³-hybridized carbons (Fsp3) is 0.444. The predicted octanol–water partition coefficient (Wildman–Crippen LogP) is 3.65. The van der Waals surface area contributed by atoms with Crippen molar-refractivity contribution < 1.29 is 4.79 Å². The Balaban J connectivity index is 1.97. The molecule has 0 N–H and O–H groups in total. The molecule has 0 aromatic carbocycles. The molecule has 110 valence electrons. The van der Waals surface area contributed by atoms with E-state index < -0.39 is 0 Å². The molecule has 0 spiro atoms. The number of hydrogen-bond donors (Lipinski definition) is 0. The summed E-state index contributed by atoms with van der Waals surface area (Å²) in [6.45, 7) is 7.24. The molecule has 1 aliphatic rings. The van der Waals surface area contributed by atoms with Crippen LogP contribution in [0.1, 0.15) is 54.5 Å². The van der Waals surface area contributed by atoms with Crippen LogP contribution in [0.25, 0.3) is 0 Å². The van der Waals surface area contributed by atoms with Gasteiger partial charge in [-0.1, -0.05) is 26.8 Å². The van der Waals surface area contributed by atoms with Gasteiger partial charge in [0.1, 0.15) is 0 Å². The van der Waals surface area contributed by atoms with Gasteiger partial charge in [-0.2, -0.15) is 0 Å². The number of aryl methyl sites for hydroxylation is 1. The van der Waals surface area contributed by atoms with Gasteiger partial charge in [-0.15, -0.1) is 0 Å². The van der Waals surface area contributed by atoms with Gasteiger partial charge in [0.05, 0.1) is 12.2 Å². The first-order valence-corrected chi connectivity index (χ1v) is 7.64. The van der Waals surface area contributed by atoms with Crippen molar-refractivity contribution in [3.8, 4) is 0 Å². The minimum atomic E-state index is 0.0535. The largest absolute Gasteiger partial charge is 0.345 e. The molecular weight excluding hydrogens is 260 g/mol. The molecule has 2 aromatic rings. The maximum absolute atomic E-state index is 12.3. The smallest absolute Gasteiger partial charge is 0.165 e. The average Bonchev–Trinajstić information content (AvgIpc) is 2.81. The second-order valence-electron chi connectivity index (χ2n) is 6.71. The molecule has 0 saturated carbocycles. The van der Waals surface area contributed by atoms with E-state index in [-0.39, 0.29) is 11.2 Å². The number of hydrogen-bond acceptors (Lipinski definition) is 2. The zero-order valence-electron chi connectivity index (χ0n) is 13.0. The van der Waals surface area contributed by atoms with E-state index >= 15 is 0 Å². The highest BCUT2D eigenvalue weighted by molar-refractivity contribution is 5.98. The molecule has 0 unspecified atom stereocenters. The third-order valence-corrected chi connectivity index (χ3v) is 4.35. The fourth-order valence-electron chi connectivity index (χ4n) is 3.25. The van der Waals surface area contributed by atoms with E-state index in [0.29, 0.717) is 6.42 Å². The second-order valence-corrected chi connectivity index (χ2v) is 6.71. The Labute approximate surface area is 126 Å². The van der Waals surface area contributed by atoms with Crippen LogP contribution >= 0.6 is 0 Å². The van der Waals surface area contributed by atoms with Crippen molar-refractivity contribution in [3.05, 3.63) is 53.1 Å². The monoisotopic (exact) mass is 282 g/mol. The van der Waals surface area contributed by atoms with Crippen LogP contribution in [0.15, 0.2) is 30.6 Å². The third kappa shape index (κ3) is 2.65. The van der Waals surface area contributed by atoms with Gasteiger partial charge in [0.2, 0.25) is 0 Å². The molecule has 2 heterocycles. The highest BCUT2D eigenvalue weighted by Gasteiger charge is 2.32. The van der Waals surface area contributed by atoms with Crippen LogP contribution in [0.3, 0.4) is 0 Å². The van der Waals surface area contributed by atoms with E-state index in [2.05, 4.69) is 36.4 Å². The summed E-state index contributed by atoms with van der Waals surface area (Å²) >= 11 is 0. The molecule has 2 aromatic heterocycles. The first-order valence-electron chi connectivity index (χ1n) is 7.64. The lowest BCUT2D eigenvalue weighted by Crippen LogP contribution is -2.28. The average molecular weight is 282 g/mol. The number of aromatic nitrogens is 2. The summed E-state index contributed by atoms with van der Waals surface area (Å²) < 4.78 is 2.20. The Morgan fingerprint density at radius 3 is 2.86 bits per heavy atom. The zero-order chi connectivity index (χ0) is 15.0. The van der Waals surface area contributed by atoms with Gasteiger partial charge in [0.25, 0.3) is 0 Å². The first-order chi connectivity index (χ1) is 10.00. The lowest BCUT2D eigenvalue weighted by Gasteiger charge is -2.29. The van der Waals surface area contributed by atoms with Gasteiger partial charge < -0.3 is 4.57 Å². The quantitative estimate of drug-likeness (QED) is 0.861. The molecule has 0 radical (unpaired) electrons. The zero-order valence-corrected chi connectivity index (χ0v) is 13.0. The Morgan fingerprint density at radius 2 is 2.10 bits per heavy atom. The number of ketones is 1. The topological polar surface area (TPSA) is 34.9 Å². The SMILES string of the molecule is CCc1cccnc1Cn1ccc2c1CC(C)(C)CC2=O. The van der Waals surface area contributed by atoms with E-state index in [1.165, 1.54) is 11.3 Å². The van der Waals surface area contributed by atoms with Crippen LogP contribution in [0, 0.1) is 5.41 Å². The minimum absolute atomic E-state index is 0.0535. The lowest BCUT2D eigenvalue weighted by atomic mass is 9.76. The van der Waals surface area contributed by atoms with E-state index in [1.807, 2.05) is 24.5 Å². The summed E-state index contributed by atoms with van der Waals surface area (Å²) in [6.07, 6.45) is 6.47. The van der Waals surface area contributed by atoms with Gasteiger partial charge in [0, 0.05) is 30.1 Å². The summed E-state index contributed by atoms with van der Waals surface area (Å²) in [4.78, 5) is 16.8. The summed E-state index contributed by atoms with van der Waals surface area (Å²) in [5, 5.41) is 0. The van der Waals surface area contributed by atoms with Crippen molar-refractivity contribution in [1.82, 2.24) is 9.55 Å². The standard InChI is InChI=1S/C18H22N2O/c1-4-13-6-5-8-19-15(13)12-20-9-7-14-16(20)10-18(2,3)11-17(14)21/h5-9H,4,10-12H2,1-3H3. The van der Waals surface area contributed by atoms with Crippen molar-refractivity contribution in [1.29, 1.82) is 0 Å². The van der Waals surface area contributed by atoms with E-state index in [9.17, 15) is 4.79 Å². The number of nitrogens with zero attached hydrogens (tertiary/aromatic N) is 2. The summed E-state index contributed by atoms with van der Waals surface area (Å²) in [7, 11) is 0. The summed E-state index contributed by atoms with van der Waals surface area (Å²) in [5.41, 5.74) is 4.51. The normalized spacial score (nSPS) is 16.8. The number of Topliss-reactive ketones (excluding diaryl/α,β-unsaturated/α-hetero) is 1. The van der Waals surface area contributed by atoms with Crippen LogP contribution in [-0.2, 0) is 19.4 Å². The Bertz CT molecular complexity index is 682. The maximum atomic E-state index is 12.3. The van der Waals surface area contributed by atoms with Crippen LogP contribution in [0.4, 0.5) is 0 Å². The van der Waals surface area contributed by atoms with Crippen molar-refractivity contribution in [2.24, 2.45) is 5.41 Å². The van der Waals surface area contributed by atoms with Gasteiger partial charge in [-0.25, -0.2) is 0 Å². The van der Waals surface area contributed by atoms with Crippen LogP contribution < -0.4 is 0 Å². The Hall–Kier alpha value is -1.90. The van der Waals surface area contributed by atoms with Gasteiger partial charge in [-0.05, 0) is 36.0 Å². The van der Waals surface area contributed by atoms with E-state index in [4.69, 9.17) is 0 Å². The molecule has 3 heteroatoms. The van der Waals surface area contributed by atoms with Crippen molar-refractivity contribution in [2.45, 2.75) is 46.6 Å². The van der Waals surface area contributed by atoms with Crippen LogP contribution in [0.5, 0.6) is 0 Å². The molecule has 0 bridgehead atoms. The first kappa shape index (κ1) is 14.1. The molecule has 0 fully saturated rings. The summed E-state index contributed by atoms with van der Waals surface area (Å²) in [5.74, 6) is 0.275. The molecule has 21 heavy (non-hydrogen) atoms. The summed E-state index contributed by atoms with van der Waals surface area (Å²) in [6, 6.07) is 6.09. The fourth-order valence-corrected chi connectivity index (χ4v) is 3.25. The van der Waals surface area contributed by atoms with Gasteiger partial charge in [-0.3, -0.25) is 9.78 Å². The van der Waals surface area contributed by atoms with Gasteiger partial charge >= 0.3 is 0 Å².